The lowest BCUT2D eigenvalue weighted by atomic mass is 9.80. The van der Waals surface area contributed by atoms with Crippen LogP contribution >= 0.6 is 0 Å². The molecular weight excluding hydrogens is 308 g/mol. The molecule has 0 aliphatic carbocycles. The van der Waals surface area contributed by atoms with Crippen molar-refractivity contribution in [2.75, 3.05) is 6.54 Å². The molecule has 1 aliphatic rings. The Kier molecular flexibility index (Phi) is 6.77. The second kappa shape index (κ2) is 7.93. The van der Waals surface area contributed by atoms with Gasteiger partial charge in [-0.15, -0.1) is 0 Å². The first-order valence-electron chi connectivity index (χ1n) is 8.15. The summed E-state index contributed by atoms with van der Waals surface area (Å²) in [7, 11) is 0. The SMILES string of the molecule is CCCCC1CC(CCC(C)(F)F)(OC(C)=O)CCN1C(=O)O. The first-order valence-corrected chi connectivity index (χ1v) is 8.15. The normalized spacial score (nSPS) is 25.3. The first-order chi connectivity index (χ1) is 10.6. The summed E-state index contributed by atoms with van der Waals surface area (Å²) in [5.41, 5.74) is -0.990. The van der Waals surface area contributed by atoms with Gasteiger partial charge in [-0.3, -0.25) is 4.79 Å². The maximum absolute atomic E-state index is 13.2. The molecule has 0 aromatic heterocycles. The third-order valence-electron chi connectivity index (χ3n) is 4.37. The Morgan fingerprint density at radius 1 is 1.43 bits per heavy atom. The number of rotatable bonds is 7. The van der Waals surface area contributed by atoms with Gasteiger partial charge in [0.2, 0.25) is 5.92 Å². The van der Waals surface area contributed by atoms with Crippen molar-refractivity contribution in [2.45, 2.75) is 83.3 Å². The van der Waals surface area contributed by atoms with Gasteiger partial charge in [0, 0.05) is 38.8 Å². The Labute approximate surface area is 136 Å². The molecular formula is C16H27F2NO4. The molecule has 1 saturated heterocycles. The number of unbranched alkanes of at least 4 members (excludes halogenated alkanes) is 1. The van der Waals surface area contributed by atoms with E-state index in [1.54, 1.807) is 0 Å². The Morgan fingerprint density at radius 3 is 2.57 bits per heavy atom. The summed E-state index contributed by atoms with van der Waals surface area (Å²) in [6.45, 7) is 4.31. The molecule has 23 heavy (non-hydrogen) atoms. The maximum atomic E-state index is 13.2. The van der Waals surface area contributed by atoms with Crippen LogP contribution in [0.2, 0.25) is 0 Å². The van der Waals surface area contributed by atoms with Gasteiger partial charge in [0.25, 0.3) is 0 Å². The van der Waals surface area contributed by atoms with E-state index in [0.717, 1.165) is 19.8 Å². The van der Waals surface area contributed by atoms with Gasteiger partial charge in [0.05, 0.1) is 0 Å². The van der Waals surface area contributed by atoms with Crippen LogP contribution in [-0.2, 0) is 9.53 Å². The fraction of sp³-hybridized carbons (Fsp3) is 0.875. The summed E-state index contributed by atoms with van der Waals surface area (Å²) in [4.78, 5) is 24.2. The van der Waals surface area contributed by atoms with Crippen LogP contribution in [0.3, 0.4) is 0 Å². The van der Waals surface area contributed by atoms with E-state index < -0.39 is 23.6 Å². The Balaban J connectivity index is 2.91. The van der Waals surface area contributed by atoms with Crippen LogP contribution in [-0.4, -0.2) is 46.2 Å². The van der Waals surface area contributed by atoms with Crippen molar-refractivity contribution in [3.05, 3.63) is 0 Å². The van der Waals surface area contributed by atoms with Crippen LogP contribution in [0.25, 0.3) is 0 Å². The Morgan fingerprint density at radius 2 is 2.09 bits per heavy atom. The molecule has 1 aliphatic heterocycles. The predicted molar refractivity (Wildman–Crippen MR) is 81.6 cm³/mol. The summed E-state index contributed by atoms with van der Waals surface area (Å²) in [6, 6.07) is -0.300. The zero-order chi connectivity index (χ0) is 17.7. The number of carbonyl (C=O) groups excluding carboxylic acids is 1. The number of hydrogen-bond acceptors (Lipinski definition) is 3. The van der Waals surface area contributed by atoms with Gasteiger partial charge in [-0.25, -0.2) is 13.6 Å². The number of esters is 1. The van der Waals surface area contributed by atoms with E-state index in [1.807, 2.05) is 6.92 Å². The average molecular weight is 335 g/mol. The number of halogens is 2. The van der Waals surface area contributed by atoms with Gasteiger partial charge in [-0.1, -0.05) is 19.8 Å². The summed E-state index contributed by atoms with van der Waals surface area (Å²) in [6.07, 6.45) is 1.61. The summed E-state index contributed by atoms with van der Waals surface area (Å²) in [5.74, 6) is -3.35. The van der Waals surface area contributed by atoms with Gasteiger partial charge in [0.1, 0.15) is 5.60 Å². The number of piperidine rings is 1. The maximum Gasteiger partial charge on any atom is 0.407 e. The second-order valence-corrected chi connectivity index (χ2v) is 6.57. The molecule has 7 heteroatoms. The molecule has 0 bridgehead atoms. The molecule has 1 N–H and O–H groups in total. The number of carbonyl (C=O) groups is 2. The lowest BCUT2D eigenvalue weighted by molar-refractivity contribution is -0.167. The van der Waals surface area contributed by atoms with E-state index in [1.165, 1.54) is 11.8 Å². The highest BCUT2D eigenvalue weighted by Crippen LogP contribution is 2.38. The number of amides is 1. The predicted octanol–water partition coefficient (Wildman–Crippen LogP) is 4.06. The molecule has 1 fully saturated rings. The van der Waals surface area contributed by atoms with Gasteiger partial charge < -0.3 is 14.7 Å². The monoisotopic (exact) mass is 335 g/mol. The summed E-state index contributed by atoms with van der Waals surface area (Å²) >= 11 is 0. The molecule has 2 unspecified atom stereocenters. The lowest BCUT2D eigenvalue weighted by Crippen LogP contribution is -2.54. The van der Waals surface area contributed by atoms with Crippen molar-refractivity contribution in [3.8, 4) is 0 Å². The van der Waals surface area contributed by atoms with Crippen molar-refractivity contribution in [1.29, 1.82) is 0 Å². The number of ether oxygens (including phenoxy) is 1. The smallest absolute Gasteiger partial charge is 0.407 e. The number of nitrogens with zero attached hydrogens (tertiary/aromatic N) is 1. The van der Waals surface area contributed by atoms with E-state index in [4.69, 9.17) is 4.74 Å². The summed E-state index contributed by atoms with van der Waals surface area (Å²) in [5, 5.41) is 9.32. The van der Waals surface area contributed by atoms with Crippen molar-refractivity contribution in [1.82, 2.24) is 4.90 Å². The minimum Gasteiger partial charge on any atom is -0.465 e. The van der Waals surface area contributed by atoms with Crippen LogP contribution in [0.15, 0.2) is 0 Å². The molecule has 0 aromatic rings. The van der Waals surface area contributed by atoms with E-state index in [9.17, 15) is 23.5 Å². The topological polar surface area (TPSA) is 66.8 Å². The van der Waals surface area contributed by atoms with Gasteiger partial charge in [0.15, 0.2) is 0 Å². The largest absolute Gasteiger partial charge is 0.465 e. The molecule has 2 atom stereocenters. The van der Waals surface area contributed by atoms with Crippen molar-refractivity contribution < 1.29 is 28.2 Å². The van der Waals surface area contributed by atoms with Crippen molar-refractivity contribution in [2.24, 2.45) is 0 Å². The van der Waals surface area contributed by atoms with Gasteiger partial charge in [-0.05, 0) is 19.8 Å². The van der Waals surface area contributed by atoms with Crippen LogP contribution in [0, 0.1) is 0 Å². The highest BCUT2D eigenvalue weighted by Gasteiger charge is 2.44. The Hall–Kier alpha value is -1.40. The first kappa shape index (κ1) is 19.6. The van der Waals surface area contributed by atoms with Crippen molar-refractivity contribution >= 4 is 12.1 Å². The van der Waals surface area contributed by atoms with Crippen LogP contribution in [0.4, 0.5) is 13.6 Å². The molecule has 5 nitrogen and oxygen atoms in total. The zero-order valence-electron chi connectivity index (χ0n) is 14.1. The number of likely N-dealkylation sites (tertiary alicyclic amines) is 1. The molecule has 1 amide bonds. The van der Waals surface area contributed by atoms with Crippen LogP contribution in [0.5, 0.6) is 0 Å². The molecule has 0 saturated carbocycles. The zero-order valence-corrected chi connectivity index (χ0v) is 14.1. The number of carboxylic acid groups (broad SMARTS) is 1. The average Bonchev–Trinajstić information content (AvgIpc) is 2.41. The quantitative estimate of drug-likeness (QED) is 0.713. The third-order valence-corrected chi connectivity index (χ3v) is 4.37. The van der Waals surface area contributed by atoms with Crippen LogP contribution in [0.1, 0.15) is 65.7 Å². The number of alkyl halides is 2. The second-order valence-electron chi connectivity index (χ2n) is 6.57. The van der Waals surface area contributed by atoms with Gasteiger partial charge >= 0.3 is 12.1 Å². The molecule has 0 spiro atoms. The minimum atomic E-state index is -2.84. The highest BCUT2D eigenvalue weighted by atomic mass is 19.3. The lowest BCUT2D eigenvalue weighted by Gasteiger charge is -2.45. The van der Waals surface area contributed by atoms with E-state index >= 15 is 0 Å². The third kappa shape index (κ3) is 6.31. The van der Waals surface area contributed by atoms with Crippen LogP contribution < -0.4 is 0 Å². The molecule has 0 aromatic carbocycles. The van der Waals surface area contributed by atoms with E-state index in [-0.39, 0.29) is 38.3 Å². The Bertz CT molecular complexity index is 425. The standard InChI is InChI=1S/C16H27F2NO4/c1-4-5-6-13-11-16(23-12(2)20,8-7-15(3,17)18)9-10-19(13)14(21)22/h13H,4-11H2,1-3H3,(H,21,22). The fourth-order valence-corrected chi connectivity index (χ4v) is 3.22. The highest BCUT2D eigenvalue weighted by molar-refractivity contribution is 5.67. The van der Waals surface area contributed by atoms with E-state index in [0.29, 0.717) is 6.42 Å². The van der Waals surface area contributed by atoms with E-state index in [2.05, 4.69) is 0 Å². The fourth-order valence-electron chi connectivity index (χ4n) is 3.22. The molecule has 1 heterocycles. The minimum absolute atomic E-state index is 0.0478. The summed E-state index contributed by atoms with van der Waals surface area (Å²) < 4.78 is 31.9. The van der Waals surface area contributed by atoms with Crippen molar-refractivity contribution in [3.63, 3.8) is 0 Å². The number of hydrogen-bond donors (Lipinski definition) is 1. The van der Waals surface area contributed by atoms with Gasteiger partial charge in [-0.2, -0.15) is 0 Å². The molecule has 1 rings (SSSR count). The molecule has 134 valence electrons. The molecule has 0 radical (unpaired) electrons.